The molecule has 0 heterocycles. The SMILES string of the molecule is CCCCC(C)NC(CNC(C)(C)C(C)C[N+](C)(C)CCC)C(NCC(C)CCC)C(NCCC(C)CC)C(NCCCC(C)C)C(NC(C)(C)CCC)C(CNC(C)CC(C)C)NC(C)C(C)CC. The van der Waals surface area contributed by atoms with E-state index < -0.39 is 0 Å². The van der Waals surface area contributed by atoms with Gasteiger partial charge in [0, 0.05) is 84.5 Å². The van der Waals surface area contributed by atoms with Crippen LogP contribution in [0.4, 0.5) is 0 Å². The molecule has 13 unspecified atom stereocenters. The molecule has 0 aromatic heterocycles. The van der Waals surface area contributed by atoms with Gasteiger partial charge in [-0.3, -0.25) is 0 Å². The number of quaternary nitrogens is 1. The van der Waals surface area contributed by atoms with Gasteiger partial charge in [0.25, 0.3) is 0 Å². The van der Waals surface area contributed by atoms with Crippen molar-refractivity contribution in [2.45, 2.75) is 301 Å². The zero-order chi connectivity index (χ0) is 53.7. The second kappa shape index (κ2) is 37.4. The van der Waals surface area contributed by atoms with Gasteiger partial charge in [-0.15, -0.1) is 0 Å². The lowest BCUT2D eigenvalue weighted by molar-refractivity contribution is -0.894. The summed E-state index contributed by atoms with van der Waals surface area (Å²) in [5.74, 6) is 3.64. The lowest BCUT2D eigenvalue weighted by Gasteiger charge is -2.49. The molecule has 0 radical (unpaired) electrons. The molecular weight excluding hydrogens is 859 g/mol. The van der Waals surface area contributed by atoms with Gasteiger partial charge >= 0.3 is 0 Å². The number of unbranched alkanes of at least 4 members (excludes halogenated alkanes) is 1. The molecule has 70 heavy (non-hydrogen) atoms. The van der Waals surface area contributed by atoms with Crippen LogP contribution in [0.5, 0.6) is 0 Å². The molecule has 0 aromatic rings. The maximum absolute atomic E-state index is 4.54. The third-order valence-corrected chi connectivity index (χ3v) is 16.6. The maximum atomic E-state index is 4.54. The highest BCUT2D eigenvalue weighted by atomic mass is 15.3. The third-order valence-electron chi connectivity index (χ3n) is 16.6. The molecule has 0 amide bonds. The molecule has 8 N–H and O–H groups in total. The molecule has 0 aliphatic carbocycles. The second-order valence-electron chi connectivity index (χ2n) is 26.5. The van der Waals surface area contributed by atoms with Crippen molar-refractivity contribution in [1.29, 1.82) is 0 Å². The number of hydrogen-bond acceptors (Lipinski definition) is 8. The standard InChI is InChI=1S/C61H134N9/c1-24-30-34-51(15)67-55(43-66-61(20,21)50(14)44-70(22,23)39-27-4)56(65-41-48(12)32-25-2)58(63-38-35-47(11)28-5)59(62-37-31-33-45(7)8)57(69-60(18,19)36-26-3)54(68-53(17)49(13)29-6)42-64-52(16)40-46(9)10/h45-59,62-69H,24-44H2,1-23H3/q+1. The van der Waals surface area contributed by atoms with E-state index in [1.807, 2.05) is 0 Å². The van der Waals surface area contributed by atoms with Crippen LogP contribution in [0.2, 0.25) is 0 Å². The Bertz CT molecular complexity index is 1220. The summed E-state index contributed by atoms with van der Waals surface area (Å²) in [5.41, 5.74) is -0.101. The summed E-state index contributed by atoms with van der Waals surface area (Å²) in [6.45, 7) is 57.9. The second-order valence-corrected chi connectivity index (χ2v) is 26.5. The molecule has 0 aliphatic heterocycles. The predicted octanol–water partition coefficient (Wildman–Crippen LogP) is 12.2. The van der Waals surface area contributed by atoms with E-state index in [0.717, 1.165) is 63.0 Å². The van der Waals surface area contributed by atoms with E-state index in [0.29, 0.717) is 53.6 Å². The monoisotopic (exact) mass is 993 g/mol. The lowest BCUT2D eigenvalue weighted by atomic mass is 9.82. The molecule has 13 atom stereocenters. The average Bonchev–Trinajstić information content (AvgIpc) is 3.26. The maximum Gasteiger partial charge on any atom is 0.0826 e. The minimum Gasteiger partial charge on any atom is -0.328 e. The largest absolute Gasteiger partial charge is 0.328 e. The Morgan fingerprint density at radius 1 is 0.500 bits per heavy atom. The zero-order valence-corrected chi connectivity index (χ0v) is 52.0. The summed E-state index contributed by atoms with van der Waals surface area (Å²) in [7, 11) is 4.85. The van der Waals surface area contributed by atoms with Crippen molar-refractivity contribution in [3.63, 3.8) is 0 Å². The van der Waals surface area contributed by atoms with E-state index >= 15 is 0 Å². The molecule has 0 aliphatic rings. The normalized spacial score (nSPS) is 18.8. The van der Waals surface area contributed by atoms with Crippen LogP contribution in [0.15, 0.2) is 0 Å². The van der Waals surface area contributed by atoms with E-state index in [1.54, 1.807) is 0 Å². The molecule has 0 saturated heterocycles. The Morgan fingerprint density at radius 3 is 1.69 bits per heavy atom. The Morgan fingerprint density at radius 2 is 1.13 bits per heavy atom. The summed E-state index contributed by atoms with van der Waals surface area (Å²) in [5, 5.41) is 35.3. The molecule has 9 heteroatoms. The van der Waals surface area contributed by atoms with Crippen molar-refractivity contribution in [2.24, 2.45) is 35.5 Å². The van der Waals surface area contributed by atoms with Crippen LogP contribution in [0.3, 0.4) is 0 Å². The Kier molecular flexibility index (Phi) is 37.2. The Balaban J connectivity index is 8.58. The van der Waals surface area contributed by atoms with Gasteiger partial charge in [-0.05, 0) is 149 Å². The number of rotatable bonds is 46. The quantitative estimate of drug-likeness (QED) is 0.0226. The number of nitrogens with one attached hydrogen (secondary N) is 8. The van der Waals surface area contributed by atoms with Gasteiger partial charge in [-0.2, -0.15) is 0 Å². The lowest BCUT2D eigenvalue weighted by Crippen LogP contribution is -2.75. The van der Waals surface area contributed by atoms with E-state index in [2.05, 4.69) is 202 Å². The van der Waals surface area contributed by atoms with Crippen molar-refractivity contribution in [3.8, 4) is 0 Å². The molecule has 0 spiro atoms. The van der Waals surface area contributed by atoms with Crippen molar-refractivity contribution < 1.29 is 4.48 Å². The number of nitrogens with zero attached hydrogens (tertiary/aromatic N) is 1. The van der Waals surface area contributed by atoms with E-state index in [1.165, 1.54) is 77.2 Å². The first kappa shape index (κ1) is 69.6. The first-order chi connectivity index (χ1) is 32.7. The highest BCUT2D eigenvalue weighted by Crippen LogP contribution is 2.24. The van der Waals surface area contributed by atoms with Gasteiger partial charge in [0.2, 0.25) is 0 Å². The highest BCUT2D eigenvalue weighted by Gasteiger charge is 2.44. The summed E-state index contributed by atoms with van der Waals surface area (Å²) < 4.78 is 1.06. The molecule has 0 fully saturated rings. The van der Waals surface area contributed by atoms with Crippen LogP contribution in [-0.4, -0.2) is 130 Å². The topological polar surface area (TPSA) is 96.2 Å². The molecular formula is C61H134N9+. The fourth-order valence-corrected chi connectivity index (χ4v) is 11.2. The van der Waals surface area contributed by atoms with Gasteiger partial charge in [-0.1, -0.05) is 135 Å². The van der Waals surface area contributed by atoms with Crippen LogP contribution in [0.25, 0.3) is 0 Å². The smallest absolute Gasteiger partial charge is 0.0826 e. The average molecular weight is 994 g/mol. The Hall–Kier alpha value is -0.360. The zero-order valence-electron chi connectivity index (χ0n) is 52.0. The van der Waals surface area contributed by atoms with Crippen LogP contribution in [0.1, 0.15) is 235 Å². The van der Waals surface area contributed by atoms with Gasteiger partial charge in [0.1, 0.15) is 0 Å². The summed E-state index contributed by atoms with van der Waals surface area (Å²) >= 11 is 0. The van der Waals surface area contributed by atoms with Crippen molar-refractivity contribution >= 4 is 0 Å². The van der Waals surface area contributed by atoms with E-state index in [9.17, 15) is 0 Å². The van der Waals surface area contributed by atoms with Crippen LogP contribution in [-0.2, 0) is 0 Å². The van der Waals surface area contributed by atoms with Gasteiger partial charge in [-0.25, -0.2) is 0 Å². The molecule has 9 nitrogen and oxygen atoms in total. The minimum absolute atomic E-state index is 0.0440. The fourth-order valence-electron chi connectivity index (χ4n) is 11.2. The predicted molar refractivity (Wildman–Crippen MR) is 316 cm³/mol. The van der Waals surface area contributed by atoms with Crippen molar-refractivity contribution in [3.05, 3.63) is 0 Å². The molecule has 0 aromatic carbocycles. The van der Waals surface area contributed by atoms with Crippen LogP contribution < -0.4 is 42.5 Å². The molecule has 422 valence electrons. The Labute approximate surface area is 441 Å². The first-order valence-electron chi connectivity index (χ1n) is 30.5. The van der Waals surface area contributed by atoms with E-state index in [4.69, 9.17) is 0 Å². The minimum atomic E-state index is -0.0572. The van der Waals surface area contributed by atoms with Gasteiger partial charge < -0.3 is 47.0 Å². The molecule has 0 bridgehead atoms. The summed E-state index contributed by atoms with van der Waals surface area (Å²) in [4.78, 5) is 0. The fraction of sp³-hybridized carbons (Fsp3) is 1.00. The number of hydrogen-bond donors (Lipinski definition) is 8. The molecule has 0 saturated carbocycles. The van der Waals surface area contributed by atoms with Crippen molar-refractivity contribution in [1.82, 2.24) is 42.5 Å². The van der Waals surface area contributed by atoms with Crippen LogP contribution in [0, 0.1) is 35.5 Å². The summed E-state index contributed by atoms with van der Waals surface area (Å²) in [6.07, 6.45) is 16.7. The molecule has 0 rings (SSSR count). The van der Waals surface area contributed by atoms with Crippen molar-refractivity contribution in [2.75, 3.05) is 59.9 Å². The third kappa shape index (κ3) is 30.3. The van der Waals surface area contributed by atoms with Crippen LogP contribution >= 0.6 is 0 Å². The summed E-state index contributed by atoms with van der Waals surface area (Å²) in [6, 6.07) is 2.11. The van der Waals surface area contributed by atoms with Gasteiger partial charge in [0.15, 0.2) is 0 Å². The highest BCUT2D eigenvalue weighted by molar-refractivity contribution is 5.09. The van der Waals surface area contributed by atoms with E-state index in [-0.39, 0.29) is 47.3 Å². The van der Waals surface area contributed by atoms with Gasteiger partial charge in [0.05, 0.1) is 27.2 Å². The first-order valence-corrected chi connectivity index (χ1v) is 30.5.